The van der Waals surface area contributed by atoms with Crippen LogP contribution in [0.5, 0.6) is 0 Å². The van der Waals surface area contributed by atoms with Gasteiger partial charge in [-0.1, -0.05) is 13.0 Å². The Hall–Kier alpha value is -1.16. The van der Waals surface area contributed by atoms with E-state index in [1.54, 1.807) is 0 Å². The van der Waals surface area contributed by atoms with E-state index in [2.05, 4.69) is 17.9 Å². The maximum atomic E-state index is 11.5. The fourth-order valence-corrected chi connectivity index (χ4v) is 4.08. The van der Waals surface area contributed by atoms with Crippen molar-refractivity contribution in [2.45, 2.75) is 57.5 Å². The van der Waals surface area contributed by atoms with Crippen molar-refractivity contribution in [3.63, 3.8) is 0 Å². The number of fused-ring (bicyclic) bond motifs is 1. The molecule has 4 nitrogen and oxygen atoms in total. The molecule has 0 N–H and O–H groups in total. The molecule has 0 spiro atoms. The molecule has 3 rings (SSSR count). The predicted octanol–water partition coefficient (Wildman–Crippen LogP) is 2.58. The van der Waals surface area contributed by atoms with Gasteiger partial charge in [0.15, 0.2) is 0 Å². The lowest BCUT2D eigenvalue weighted by atomic mass is 9.85. The molecule has 0 aromatic rings. The summed E-state index contributed by atoms with van der Waals surface area (Å²) >= 11 is 0. The number of ether oxygens (including phenoxy) is 1. The number of nitrogens with zero attached hydrogens (tertiary/aromatic N) is 2. The third-order valence-corrected chi connectivity index (χ3v) is 5.02. The highest BCUT2D eigenvalue weighted by atomic mass is 16.5. The van der Waals surface area contributed by atoms with Gasteiger partial charge in [-0.3, -0.25) is 14.7 Å². The van der Waals surface area contributed by atoms with Gasteiger partial charge in [0.25, 0.3) is 0 Å². The van der Waals surface area contributed by atoms with Crippen molar-refractivity contribution in [2.24, 2.45) is 10.9 Å². The molecular weight excluding hydrogens is 264 g/mol. The summed E-state index contributed by atoms with van der Waals surface area (Å²) in [6.07, 6.45) is 8.59. The fourth-order valence-electron chi connectivity index (χ4n) is 4.08. The van der Waals surface area contributed by atoms with Crippen LogP contribution in [0, 0.1) is 5.92 Å². The lowest BCUT2D eigenvalue weighted by molar-refractivity contribution is -0.141. The minimum absolute atomic E-state index is 0.105. The van der Waals surface area contributed by atoms with Crippen molar-refractivity contribution >= 4 is 11.7 Å². The molecule has 0 aliphatic carbocycles. The lowest BCUT2D eigenvalue weighted by Crippen LogP contribution is -2.39. The zero-order valence-electron chi connectivity index (χ0n) is 13.2. The first-order valence-corrected chi connectivity index (χ1v) is 8.25. The van der Waals surface area contributed by atoms with Crippen LogP contribution >= 0.6 is 0 Å². The third-order valence-electron chi connectivity index (χ3n) is 5.02. The average Bonchev–Trinajstić information content (AvgIpc) is 2.94. The smallest absolute Gasteiger partial charge is 0.307 e. The molecular formula is C17H26N2O2. The predicted molar refractivity (Wildman–Crippen MR) is 83.5 cm³/mol. The zero-order valence-corrected chi connectivity index (χ0v) is 13.2. The number of hydrogen-bond acceptors (Lipinski definition) is 4. The summed E-state index contributed by atoms with van der Waals surface area (Å²) in [4.78, 5) is 19.1. The first-order valence-electron chi connectivity index (χ1n) is 8.25. The largest absolute Gasteiger partial charge is 0.469 e. The van der Waals surface area contributed by atoms with Crippen molar-refractivity contribution < 1.29 is 9.53 Å². The van der Waals surface area contributed by atoms with Gasteiger partial charge >= 0.3 is 5.97 Å². The summed E-state index contributed by atoms with van der Waals surface area (Å²) in [6, 6.07) is 0.690. The number of rotatable bonds is 3. The molecule has 0 radical (unpaired) electrons. The molecule has 3 heterocycles. The van der Waals surface area contributed by atoms with Gasteiger partial charge in [-0.25, -0.2) is 0 Å². The first-order chi connectivity index (χ1) is 10.2. The molecule has 1 fully saturated rings. The van der Waals surface area contributed by atoms with Crippen molar-refractivity contribution in [2.75, 3.05) is 20.2 Å². The number of esters is 1. The van der Waals surface area contributed by atoms with Crippen molar-refractivity contribution in [3.05, 3.63) is 11.6 Å². The van der Waals surface area contributed by atoms with E-state index in [4.69, 9.17) is 9.73 Å². The monoisotopic (exact) mass is 290 g/mol. The maximum absolute atomic E-state index is 11.5. The van der Waals surface area contributed by atoms with Crippen LogP contribution in [0.15, 0.2) is 16.6 Å². The Morgan fingerprint density at radius 2 is 2.33 bits per heavy atom. The average molecular weight is 290 g/mol. The summed E-state index contributed by atoms with van der Waals surface area (Å²) in [6.45, 7) is 4.70. The molecule has 1 unspecified atom stereocenters. The Labute approximate surface area is 127 Å². The second kappa shape index (κ2) is 6.30. The van der Waals surface area contributed by atoms with E-state index in [1.165, 1.54) is 44.3 Å². The highest BCUT2D eigenvalue weighted by molar-refractivity contribution is 6.02. The number of methoxy groups -OCH3 is 1. The van der Waals surface area contributed by atoms with Gasteiger partial charge in [0.1, 0.15) is 0 Å². The molecule has 0 aromatic heterocycles. The summed E-state index contributed by atoms with van der Waals surface area (Å²) < 4.78 is 4.81. The third kappa shape index (κ3) is 3.20. The van der Waals surface area contributed by atoms with E-state index in [0.29, 0.717) is 18.4 Å². The number of carbonyl (C=O) groups excluding carboxylic acids is 1. The highest BCUT2D eigenvalue weighted by Crippen LogP contribution is 2.33. The fraction of sp³-hybridized carbons (Fsp3) is 0.765. The molecule has 116 valence electrons. The number of hydrogen-bond donors (Lipinski definition) is 0. The van der Waals surface area contributed by atoms with E-state index < -0.39 is 0 Å². The summed E-state index contributed by atoms with van der Waals surface area (Å²) in [5.41, 5.74) is 2.72. The van der Waals surface area contributed by atoms with Gasteiger partial charge in [-0.05, 0) is 50.1 Å². The SMILES string of the molecule is COC(=O)C[C@@H]1C[C@H](C)CC(C2=CCCN3CCCC23)=N1. The van der Waals surface area contributed by atoms with Crippen LogP contribution in [-0.4, -0.2) is 48.9 Å². The van der Waals surface area contributed by atoms with Gasteiger partial charge < -0.3 is 4.74 Å². The Bertz CT molecular complexity index is 469. The van der Waals surface area contributed by atoms with E-state index in [9.17, 15) is 4.79 Å². The van der Waals surface area contributed by atoms with E-state index in [-0.39, 0.29) is 12.0 Å². The minimum atomic E-state index is -0.141. The highest BCUT2D eigenvalue weighted by Gasteiger charge is 2.34. The quantitative estimate of drug-likeness (QED) is 0.750. The Balaban J connectivity index is 1.79. The molecule has 0 aromatic carbocycles. The van der Waals surface area contributed by atoms with Crippen LogP contribution in [0.2, 0.25) is 0 Å². The van der Waals surface area contributed by atoms with Crippen LogP contribution in [0.25, 0.3) is 0 Å². The normalized spacial score (nSPS) is 33.1. The van der Waals surface area contributed by atoms with Crippen molar-refractivity contribution in [3.8, 4) is 0 Å². The molecule has 0 saturated carbocycles. The molecule has 3 atom stereocenters. The molecule has 0 amide bonds. The van der Waals surface area contributed by atoms with Gasteiger partial charge in [0.05, 0.1) is 19.6 Å². The van der Waals surface area contributed by atoms with Crippen LogP contribution in [0.4, 0.5) is 0 Å². The second-order valence-corrected chi connectivity index (χ2v) is 6.70. The Morgan fingerprint density at radius 3 is 3.14 bits per heavy atom. The number of carbonyl (C=O) groups is 1. The van der Waals surface area contributed by atoms with Crippen molar-refractivity contribution in [1.29, 1.82) is 0 Å². The van der Waals surface area contributed by atoms with Crippen molar-refractivity contribution in [1.82, 2.24) is 4.90 Å². The summed E-state index contributed by atoms with van der Waals surface area (Å²) in [5, 5.41) is 0. The van der Waals surface area contributed by atoms with E-state index in [1.807, 2.05) is 0 Å². The zero-order chi connectivity index (χ0) is 14.8. The van der Waals surface area contributed by atoms with Crippen LogP contribution < -0.4 is 0 Å². The second-order valence-electron chi connectivity index (χ2n) is 6.70. The summed E-state index contributed by atoms with van der Waals surface area (Å²) in [5.74, 6) is 0.460. The molecule has 21 heavy (non-hydrogen) atoms. The minimum Gasteiger partial charge on any atom is -0.469 e. The maximum Gasteiger partial charge on any atom is 0.307 e. The Kier molecular flexibility index (Phi) is 4.43. The summed E-state index contributed by atoms with van der Waals surface area (Å²) in [7, 11) is 1.46. The Morgan fingerprint density at radius 1 is 1.48 bits per heavy atom. The van der Waals surface area contributed by atoms with Gasteiger partial charge in [-0.15, -0.1) is 0 Å². The topological polar surface area (TPSA) is 41.9 Å². The van der Waals surface area contributed by atoms with Crippen LogP contribution in [-0.2, 0) is 9.53 Å². The standard InChI is InChI=1S/C17H26N2O2/c1-12-9-13(11-17(20)21-2)18-15(10-12)14-5-3-7-19-8-4-6-16(14)19/h5,12-13,16H,3-4,6-11H2,1-2H3/t12-,13-,16?/m0/s1. The van der Waals surface area contributed by atoms with Gasteiger partial charge in [-0.2, -0.15) is 0 Å². The van der Waals surface area contributed by atoms with E-state index >= 15 is 0 Å². The number of aliphatic imine (C=N–C) groups is 1. The molecule has 0 bridgehead atoms. The van der Waals surface area contributed by atoms with Gasteiger partial charge in [0, 0.05) is 18.3 Å². The lowest BCUT2D eigenvalue weighted by Gasteiger charge is -2.34. The molecule has 1 saturated heterocycles. The first kappa shape index (κ1) is 14.8. The molecule has 3 aliphatic heterocycles. The van der Waals surface area contributed by atoms with Crippen LogP contribution in [0.1, 0.15) is 45.4 Å². The van der Waals surface area contributed by atoms with Gasteiger partial charge in [0.2, 0.25) is 0 Å². The van der Waals surface area contributed by atoms with E-state index in [0.717, 1.165) is 19.3 Å². The van der Waals surface area contributed by atoms with Crippen LogP contribution in [0.3, 0.4) is 0 Å². The molecule has 4 heteroatoms. The molecule has 3 aliphatic rings.